The van der Waals surface area contributed by atoms with Crippen LogP contribution in [0.25, 0.3) is 0 Å². The standard InChI is InChI=1S/C19H18BrNO/c1-19(2)14-9-5-7-11-16(14)21(3)18(19)12-17(22)13-8-4-6-10-15(13)20/h4-12H,1-3H3/b18-12+. The fraction of sp³-hybridized carbons (Fsp3) is 0.211. The number of nitrogens with zero attached hydrogens (tertiary/aromatic N) is 1. The van der Waals surface area contributed by atoms with Crippen LogP contribution in [0.4, 0.5) is 5.69 Å². The summed E-state index contributed by atoms with van der Waals surface area (Å²) in [6.45, 7) is 4.32. The van der Waals surface area contributed by atoms with Gasteiger partial charge in [-0.2, -0.15) is 0 Å². The molecule has 0 unspecified atom stereocenters. The van der Waals surface area contributed by atoms with Gasteiger partial charge in [0.2, 0.25) is 0 Å². The van der Waals surface area contributed by atoms with Crippen LogP contribution in [0.2, 0.25) is 0 Å². The molecule has 2 aromatic carbocycles. The van der Waals surface area contributed by atoms with Gasteiger partial charge in [-0.25, -0.2) is 0 Å². The number of para-hydroxylation sites is 1. The molecular formula is C19H18BrNO. The van der Waals surface area contributed by atoms with Crippen LogP contribution in [0.5, 0.6) is 0 Å². The lowest BCUT2D eigenvalue weighted by molar-refractivity contribution is 0.104. The number of allylic oxidation sites excluding steroid dienone is 2. The van der Waals surface area contributed by atoms with Gasteiger partial charge < -0.3 is 4.90 Å². The van der Waals surface area contributed by atoms with Crippen molar-refractivity contribution in [1.29, 1.82) is 0 Å². The largest absolute Gasteiger partial charge is 0.347 e. The van der Waals surface area contributed by atoms with Crippen molar-refractivity contribution < 1.29 is 4.79 Å². The summed E-state index contributed by atoms with van der Waals surface area (Å²) in [5.74, 6) is 0.0233. The second-order valence-electron chi connectivity index (χ2n) is 6.07. The van der Waals surface area contributed by atoms with Crippen molar-refractivity contribution >= 4 is 27.4 Å². The third-order valence-electron chi connectivity index (χ3n) is 4.35. The highest BCUT2D eigenvalue weighted by Crippen LogP contribution is 2.46. The maximum Gasteiger partial charge on any atom is 0.188 e. The first-order chi connectivity index (χ1) is 10.4. The lowest BCUT2D eigenvalue weighted by Gasteiger charge is -2.24. The molecule has 0 spiro atoms. The number of benzene rings is 2. The quantitative estimate of drug-likeness (QED) is 0.561. The number of likely N-dealkylation sites (N-methyl/N-ethyl adjacent to an activating group) is 1. The molecule has 0 N–H and O–H groups in total. The van der Waals surface area contributed by atoms with Gasteiger partial charge in [-0.05, 0) is 23.8 Å². The molecule has 2 aromatic rings. The molecule has 2 nitrogen and oxygen atoms in total. The van der Waals surface area contributed by atoms with E-state index < -0.39 is 0 Å². The molecule has 3 heteroatoms. The van der Waals surface area contributed by atoms with Crippen molar-refractivity contribution in [1.82, 2.24) is 0 Å². The Bertz CT molecular complexity index is 777. The Labute approximate surface area is 139 Å². The van der Waals surface area contributed by atoms with Crippen LogP contribution in [0, 0.1) is 0 Å². The Morgan fingerprint density at radius 1 is 1.09 bits per heavy atom. The number of carbonyl (C=O) groups excluding carboxylic acids is 1. The summed E-state index contributed by atoms with van der Waals surface area (Å²) in [7, 11) is 2.02. The number of halogens is 1. The number of rotatable bonds is 2. The highest BCUT2D eigenvalue weighted by molar-refractivity contribution is 9.10. The van der Waals surface area contributed by atoms with Gasteiger partial charge in [-0.15, -0.1) is 0 Å². The molecule has 0 aliphatic carbocycles. The van der Waals surface area contributed by atoms with E-state index in [2.05, 4.69) is 46.8 Å². The van der Waals surface area contributed by atoms with Crippen molar-refractivity contribution in [3.05, 3.63) is 75.9 Å². The predicted octanol–water partition coefficient (Wildman–Crippen LogP) is 4.94. The van der Waals surface area contributed by atoms with E-state index in [9.17, 15) is 4.79 Å². The molecule has 0 aromatic heterocycles. The molecule has 1 heterocycles. The van der Waals surface area contributed by atoms with Crippen molar-refractivity contribution in [2.24, 2.45) is 0 Å². The van der Waals surface area contributed by atoms with Gasteiger partial charge in [0.1, 0.15) is 0 Å². The van der Waals surface area contributed by atoms with Crippen LogP contribution in [0.1, 0.15) is 29.8 Å². The van der Waals surface area contributed by atoms with Crippen molar-refractivity contribution in [3.63, 3.8) is 0 Å². The van der Waals surface area contributed by atoms with Gasteiger partial charge in [-0.1, -0.05) is 60.1 Å². The summed E-state index contributed by atoms with van der Waals surface area (Å²) < 4.78 is 0.827. The van der Waals surface area contributed by atoms with Crippen LogP contribution in [-0.2, 0) is 5.41 Å². The lowest BCUT2D eigenvalue weighted by Crippen LogP contribution is -2.24. The van der Waals surface area contributed by atoms with E-state index in [0.717, 1.165) is 10.2 Å². The Morgan fingerprint density at radius 3 is 2.41 bits per heavy atom. The van der Waals surface area contributed by atoms with E-state index in [4.69, 9.17) is 0 Å². The number of hydrogen-bond acceptors (Lipinski definition) is 2. The van der Waals surface area contributed by atoms with E-state index in [0.29, 0.717) is 5.56 Å². The number of carbonyl (C=O) groups is 1. The zero-order valence-corrected chi connectivity index (χ0v) is 14.5. The fourth-order valence-electron chi connectivity index (χ4n) is 3.12. The molecule has 1 aliphatic rings. The molecule has 1 aliphatic heterocycles. The number of hydrogen-bond donors (Lipinski definition) is 0. The van der Waals surface area contributed by atoms with E-state index in [1.807, 2.05) is 43.4 Å². The van der Waals surface area contributed by atoms with Crippen molar-refractivity contribution in [2.45, 2.75) is 19.3 Å². The lowest BCUT2D eigenvalue weighted by atomic mass is 9.83. The first-order valence-corrected chi connectivity index (χ1v) is 8.06. The van der Waals surface area contributed by atoms with Gasteiger partial charge in [0.05, 0.1) is 0 Å². The second-order valence-corrected chi connectivity index (χ2v) is 6.93. The SMILES string of the molecule is CN1/C(=C/C(=O)c2ccccc2Br)C(C)(C)c2ccccc21. The van der Waals surface area contributed by atoms with E-state index in [1.165, 1.54) is 11.3 Å². The molecule has 112 valence electrons. The Morgan fingerprint density at radius 2 is 1.73 bits per heavy atom. The van der Waals surface area contributed by atoms with Crippen LogP contribution in [0.3, 0.4) is 0 Å². The number of fused-ring (bicyclic) bond motifs is 1. The zero-order valence-electron chi connectivity index (χ0n) is 12.9. The van der Waals surface area contributed by atoms with E-state index in [-0.39, 0.29) is 11.2 Å². The number of anilines is 1. The average molecular weight is 356 g/mol. The topological polar surface area (TPSA) is 20.3 Å². The minimum absolute atomic E-state index is 0.0233. The highest BCUT2D eigenvalue weighted by atomic mass is 79.9. The minimum Gasteiger partial charge on any atom is -0.347 e. The summed E-state index contributed by atoms with van der Waals surface area (Å²) >= 11 is 3.45. The molecule has 0 atom stereocenters. The van der Waals surface area contributed by atoms with Crippen molar-refractivity contribution in [3.8, 4) is 0 Å². The molecule has 0 fully saturated rings. The van der Waals surface area contributed by atoms with Gasteiger partial charge in [0, 0.05) is 40.0 Å². The Hall–Kier alpha value is -1.87. The Balaban J connectivity index is 2.06. The first kappa shape index (κ1) is 15.0. The van der Waals surface area contributed by atoms with Crippen molar-refractivity contribution in [2.75, 3.05) is 11.9 Å². The maximum absolute atomic E-state index is 12.7. The zero-order chi connectivity index (χ0) is 15.9. The molecule has 0 saturated carbocycles. The third kappa shape index (κ3) is 2.30. The molecular weight excluding hydrogens is 338 g/mol. The van der Waals surface area contributed by atoms with Crippen LogP contribution in [-0.4, -0.2) is 12.8 Å². The molecule has 0 amide bonds. The summed E-state index contributed by atoms with van der Waals surface area (Å²) in [5.41, 5.74) is 3.95. The Kier molecular flexibility index (Phi) is 3.69. The van der Waals surface area contributed by atoms with E-state index in [1.54, 1.807) is 6.08 Å². The minimum atomic E-state index is -0.178. The maximum atomic E-state index is 12.7. The average Bonchev–Trinajstić information content (AvgIpc) is 2.69. The number of ketones is 1. The molecule has 22 heavy (non-hydrogen) atoms. The summed E-state index contributed by atoms with van der Waals surface area (Å²) in [6, 6.07) is 15.8. The predicted molar refractivity (Wildman–Crippen MR) is 94.4 cm³/mol. The summed E-state index contributed by atoms with van der Waals surface area (Å²) in [5, 5.41) is 0. The molecule has 0 bridgehead atoms. The fourth-order valence-corrected chi connectivity index (χ4v) is 3.60. The summed E-state index contributed by atoms with van der Waals surface area (Å²) in [6.07, 6.45) is 1.76. The normalized spacial score (nSPS) is 17.6. The first-order valence-electron chi connectivity index (χ1n) is 7.27. The molecule has 0 radical (unpaired) electrons. The smallest absolute Gasteiger partial charge is 0.188 e. The van der Waals surface area contributed by atoms with E-state index >= 15 is 0 Å². The van der Waals surface area contributed by atoms with Gasteiger partial charge in [0.25, 0.3) is 0 Å². The monoisotopic (exact) mass is 355 g/mol. The second kappa shape index (κ2) is 5.40. The molecule has 3 rings (SSSR count). The van der Waals surface area contributed by atoms with Gasteiger partial charge in [0.15, 0.2) is 5.78 Å². The summed E-state index contributed by atoms with van der Waals surface area (Å²) in [4.78, 5) is 14.8. The van der Waals surface area contributed by atoms with Crippen LogP contribution >= 0.6 is 15.9 Å². The third-order valence-corrected chi connectivity index (χ3v) is 5.04. The molecule has 0 saturated heterocycles. The van der Waals surface area contributed by atoms with Crippen LogP contribution < -0.4 is 4.90 Å². The van der Waals surface area contributed by atoms with Gasteiger partial charge >= 0.3 is 0 Å². The van der Waals surface area contributed by atoms with Crippen LogP contribution in [0.15, 0.2) is 64.8 Å². The highest BCUT2D eigenvalue weighted by Gasteiger charge is 2.38. The van der Waals surface area contributed by atoms with Gasteiger partial charge in [-0.3, -0.25) is 4.79 Å².